The number of benzene rings is 1. The van der Waals surface area contributed by atoms with Crippen LogP contribution < -0.4 is 26.6 Å². The van der Waals surface area contributed by atoms with E-state index < -0.39 is 0 Å². The molecule has 55 heavy (non-hydrogen) atoms. The number of nitrogens with one attached hydrogen (secondary N) is 5. The number of hydrogen-bond donors (Lipinski definition) is 5. The summed E-state index contributed by atoms with van der Waals surface area (Å²) in [6.45, 7) is 1.57. The molecule has 5 saturated carbocycles. The molecule has 5 aliphatic carbocycles. The lowest BCUT2D eigenvalue weighted by molar-refractivity contribution is -0.387. The molecule has 2 unspecified atom stereocenters. The number of hydrogen-bond acceptors (Lipinski definition) is 9. The highest BCUT2D eigenvalue weighted by Crippen LogP contribution is 2.68. The molecule has 5 atom stereocenters. The number of urea groups is 1. The normalized spacial score (nSPS) is 33.7. The molecule has 2 spiro atoms. The molecule has 5 amide bonds. The highest BCUT2D eigenvalue weighted by Gasteiger charge is 2.69. The molecule has 11 nitrogen and oxygen atoms in total. The van der Waals surface area contributed by atoms with Crippen molar-refractivity contribution in [3.05, 3.63) is 35.4 Å². The summed E-state index contributed by atoms with van der Waals surface area (Å²) >= 11 is 1.91. The average molecular weight is 814 g/mol. The van der Waals surface area contributed by atoms with Gasteiger partial charge in [-0.05, 0) is 86.7 Å². The fourth-order valence-electron chi connectivity index (χ4n) is 11.3. The number of amides is 5. The van der Waals surface area contributed by atoms with Crippen LogP contribution in [0, 0.1) is 23.2 Å². The van der Waals surface area contributed by atoms with Crippen LogP contribution in [0.4, 0.5) is 4.79 Å². The minimum atomic E-state index is -0.293. The van der Waals surface area contributed by atoms with Gasteiger partial charge in [-0.2, -0.15) is 11.8 Å². The van der Waals surface area contributed by atoms with Crippen molar-refractivity contribution in [3.63, 3.8) is 0 Å². The average Bonchev–Trinajstić information content (AvgIpc) is 3.86. The first kappa shape index (κ1) is 39.7. The molecule has 3 saturated heterocycles. The highest BCUT2D eigenvalue weighted by molar-refractivity contribution is 8.76. The van der Waals surface area contributed by atoms with Crippen molar-refractivity contribution in [2.75, 3.05) is 23.8 Å². The second-order valence-electron chi connectivity index (χ2n) is 17.6. The van der Waals surface area contributed by atoms with Gasteiger partial charge in [-0.3, -0.25) is 14.4 Å². The first-order valence-corrected chi connectivity index (χ1v) is 24.5. The quantitative estimate of drug-likeness (QED) is 0.0541. The Morgan fingerprint density at radius 3 is 2.40 bits per heavy atom. The standard InChI is InChI=1S/C41H59N5O6S3/c47-34(10-3-2-9-33-36-32(25-53-33)45-38(50)46-36)42-14-16-55-54-15-11-35(48)43-23-27-7-6-8-28(17-27)24-44-37(49)39-20-29-18-30(21-39)41(31(19-29)22-39)26-40(51-52-41)12-4-1-5-13-40/h6-8,17,29-33,36H,1-5,9-16,18-26H2,(H,42,47)(H,43,48)(H,44,49)(H2,45,46,50)/t29?,30?,31?,32-,33-,36-,39?,41?/m0/s1. The van der Waals surface area contributed by atoms with Gasteiger partial charge in [0.2, 0.25) is 17.7 Å². The number of carbonyl (C=O) groups is 4. The van der Waals surface area contributed by atoms with E-state index in [2.05, 4.69) is 32.7 Å². The second kappa shape index (κ2) is 17.4. The molecular weight excluding hydrogens is 755 g/mol. The fraction of sp³-hybridized carbons (Fsp3) is 0.756. The van der Waals surface area contributed by atoms with Crippen LogP contribution in [0.1, 0.15) is 114 Å². The summed E-state index contributed by atoms with van der Waals surface area (Å²) in [6.07, 6.45) is 16.0. The van der Waals surface area contributed by atoms with Gasteiger partial charge >= 0.3 is 6.03 Å². The van der Waals surface area contributed by atoms with E-state index in [-0.39, 0.29) is 52.5 Å². The largest absolute Gasteiger partial charge is 0.355 e. The van der Waals surface area contributed by atoms with E-state index in [1.165, 1.54) is 32.1 Å². The van der Waals surface area contributed by atoms with Gasteiger partial charge in [-0.25, -0.2) is 14.6 Å². The third-order valence-corrected chi connectivity index (χ3v) is 17.7. The third-order valence-electron chi connectivity index (χ3n) is 13.8. The van der Waals surface area contributed by atoms with Gasteiger partial charge in [-0.15, -0.1) is 0 Å². The SMILES string of the molecule is O=C(CCCC[C@@H]1SC[C@@H]2NC(=O)N[C@@H]21)NCCSSCCC(=O)NCc1cccc(CNC(=O)C23CC4CC(C2)C2(CC5(CCCCC5)OO2)C(C4)C3)c1. The van der Waals surface area contributed by atoms with Crippen LogP contribution in [0.3, 0.4) is 0 Å². The van der Waals surface area contributed by atoms with Gasteiger partial charge in [0.1, 0.15) is 11.2 Å². The zero-order chi connectivity index (χ0) is 37.9. The van der Waals surface area contributed by atoms with Gasteiger partial charge in [-0.1, -0.05) is 71.5 Å². The molecule has 8 fully saturated rings. The Labute approximate surface area is 337 Å². The number of fused-ring (bicyclic) bond motifs is 1. The summed E-state index contributed by atoms with van der Waals surface area (Å²) in [6, 6.07) is 8.56. The van der Waals surface area contributed by atoms with Crippen LogP contribution >= 0.6 is 33.3 Å². The predicted molar refractivity (Wildman–Crippen MR) is 218 cm³/mol. The Bertz CT molecular complexity index is 1560. The van der Waals surface area contributed by atoms with E-state index in [9.17, 15) is 19.2 Å². The number of carbonyl (C=O) groups excluding carboxylic acids is 4. The minimum Gasteiger partial charge on any atom is -0.355 e. The zero-order valence-electron chi connectivity index (χ0n) is 32.0. The van der Waals surface area contributed by atoms with Crippen molar-refractivity contribution in [2.45, 2.75) is 144 Å². The lowest BCUT2D eigenvalue weighted by atomic mass is 9.43. The van der Waals surface area contributed by atoms with Crippen LogP contribution in [-0.4, -0.2) is 76.1 Å². The molecule has 9 rings (SSSR count). The molecule has 3 heterocycles. The molecule has 1 aromatic carbocycles. The van der Waals surface area contributed by atoms with Crippen molar-refractivity contribution in [2.24, 2.45) is 23.2 Å². The van der Waals surface area contributed by atoms with E-state index in [4.69, 9.17) is 9.78 Å². The van der Waals surface area contributed by atoms with Crippen molar-refractivity contribution in [1.29, 1.82) is 0 Å². The monoisotopic (exact) mass is 813 g/mol. The lowest BCUT2D eigenvalue weighted by Crippen LogP contribution is -2.64. The van der Waals surface area contributed by atoms with Crippen LogP contribution in [0.2, 0.25) is 0 Å². The Morgan fingerprint density at radius 2 is 1.60 bits per heavy atom. The molecule has 3 aliphatic heterocycles. The summed E-state index contributed by atoms with van der Waals surface area (Å²) in [5, 5.41) is 15.8. The second-order valence-corrected chi connectivity index (χ2v) is 21.5. The lowest BCUT2D eigenvalue weighted by Gasteiger charge is -2.62. The third kappa shape index (κ3) is 8.98. The van der Waals surface area contributed by atoms with E-state index in [0.29, 0.717) is 61.2 Å². The number of rotatable bonds is 17. The highest BCUT2D eigenvalue weighted by atomic mass is 33.1. The first-order chi connectivity index (χ1) is 26.7. The Hall–Kier alpha value is -2.13. The number of thioether (sulfide) groups is 1. The van der Waals surface area contributed by atoms with Crippen molar-refractivity contribution in [1.82, 2.24) is 26.6 Å². The predicted octanol–water partition coefficient (Wildman–Crippen LogP) is 6.15. The Morgan fingerprint density at radius 1 is 0.855 bits per heavy atom. The van der Waals surface area contributed by atoms with Crippen molar-refractivity contribution >= 4 is 57.1 Å². The van der Waals surface area contributed by atoms with Crippen LogP contribution in [-0.2, 0) is 37.2 Å². The van der Waals surface area contributed by atoms with E-state index in [1.807, 2.05) is 30.0 Å². The summed E-state index contributed by atoms with van der Waals surface area (Å²) in [5.74, 6) is 4.18. The fourth-order valence-corrected chi connectivity index (χ4v) is 14.7. The molecule has 4 bridgehead atoms. The maximum Gasteiger partial charge on any atom is 0.315 e. The minimum absolute atomic E-state index is 0.0174. The molecular formula is C41H59N5O6S3. The summed E-state index contributed by atoms with van der Waals surface area (Å²) in [4.78, 5) is 62.9. The summed E-state index contributed by atoms with van der Waals surface area (Å²) < 4.78 is 0. The van der Waals surface area contributed by atoms with Gasteiger partial charge in [0, 0.05) is 61.4 Å². The topological polar surface area (TPSA) is 147 Å². The van der Waals surface area contributed by atoms with Crippen molar-refractivity contribution in [3.8, 4) is 0 Å². The smallest absolute Gasteiger partial charge is 0.315 e. The Balaban J connectivity index is 0.679. The molecule has 0 radical (unpaired) electrons. The molecule has 14 heteroatoms. The summed E-state index contributed by atoms with van der Waals surface area (Å²) in [7, 11) is 3.33. The van der Waals surface area contributed by atoms with Crippen LogP contribution in [0.5, 0.6) is 0 Å². The van der Waals surface area contributed by atoms with Crippen LogP contribution in [0.15, 0.2) is 24.3 Å². The molecule has 302 valence electrons. The first-order valence-electron chi connectivity index (χ1n) is 20.9. The van der Waals surface area contributed by atoms with Gasteiger partial charge in [0.05, 0.1) is 17.5 Å². The maximum absolute atomic E-state index is 13.9. The molecule has 5 N–H and O–H groups in total. The Kier molecular flexibility index (Phi) is 12.5. The molecule has 1 aromatic rings. The van der Waals surface area contributed by atoms with Gasteiger partial charge < -0.3 is 26.6 Å². The maximum atomic E-state index is 13.9. The van der Waals surface area contributed by atoms with E-state index in [1.54, 1.807) is 21.6 Å². The van der Waals surface area contributed by atoms with E-state index in [0.717, 1.165) is 80.4 Å². The van der Waals surface area contributed by atoms with Crippen LogP contribution in [0.25, 0.3) is 0 Å². The zero-order valence-corrected chi connectivity index (χ0v) is 34.5. The number of unbranched alkanes of at least 4 members (excludes halogenated alkanes) is 1. The molecule has 8 aliphatic rings. The van der Waals surface area contributed by atoms with Crippen molar-refractivity contribution < 1.29 is 29.0 Å². The molecule has 0 aromatic heterocycles. The van der Waals surface area contributed by atoms with E-state index >= 15 is 0 Å². The van der Waals surface area contributed by atoms with Gasteiger partial charge in [0.15, 0.2) is 0 Å². The van der Waals surface area contributed by atoms with Gasteiger partial charge in [0.25, 0.3) is 0 Å². The summed E-state index contributed by atoms with van der Waals surface area (Å²) in [5.41, 5.74) is 1.50.